The van der Waals surface area contributed by atoms with Crippen molar-refractivity contribution in [3.05, 3.63) is 59.7 Å². The predicted molar refractivity (Wildman–Crippen MR) is 77.1 cm³/mol. The molecule has 3 aromatic rings. The number of para-hydroxylation sites is 1. The quantitative estimate of drug-likeness (QED) is 0.749. The van der Waals surface area contributed by atoms with Crippen molar-refractivity contribution in [3.8, 4) is 0 Å². The maximum atomic E-state index is 10.7. The number of furan rings is 2. The van der Waals surface area contributed by atoms with Crippen LogP contribution in [0.2, 0.25) is 0 Å². The van der Waals surface area contributed by atoms with Crippen LogP contribution in [0.5, 0.6) is 0 Å². The van der Waals surface area contributed by atoms with Gasteiger partial charge in [0.1, 0.15) is 17.1 Å². The Kier molecular flexibility index (Phi) is 3.50. The Hall–Kier alpha value is -2.53. The Balaban J connectivity index is 1.67. The third kappa shape index (κ3) is 2.83. The molecule has 0 aliphatic heterocycles. The van der Waals surface area contributed by atoms with Gasteiger partial charge in [0.15, 0.2) is 0 Å². The van der Waals surface area contributed by atoms with Crippen molar-refractivity contribution < 1.29 is 18.7 Å². The fraction of sp³-hybridized carbons (Fsp3) is 0.188. The van der Waals surface area contributed by atoms with Gasteiger partial charge in [-0.3, -0.25) is 0 Å². The molecular weight excluding hydrogens is 270 g/mol. The molecule has 0 saturated carbocycles. The monoisotopic (exact) mass is 285 g/mol. The number of hydrogen-bond donors (Lipinski definition) is 2. The Morgan fingerprint density at radius 1 is 1.24 bits per heavy atom. The topological polar surface area (TPSA) is 75.6 Å². The van der Waals surface area contributed by atoms with Crippen molar-refractivity contribution >= 4 is 16.9 Å². The molecule has 0 bridgehead atoms. The Morgan fingerprint density at radius 3 is 2.76 bits per heavy atom. The summed E-state index contributed by atoms with van der Waals surface area (Å²) in [6.45, 7) is 2.42. The minimum absolute atomic E-state index is 0.00391. The van der Waals surface area contributed by atoms with Crippen LogP contribution >= 0.6 is 0 Å². The van der Waals surface area contributed by atoms with E-state index < -0.39 is 5.97 Å². The average molecular weight is 285 g/mol. The van der Waals surface area contributed by atoms with Crippen molar-refractivity contribution in [1.29, 1.82) is 0 Å². The number of fused-ring (bicyclic) bond motifs is 1. The van der Waals surface area contributed by atoms with Crippen LogP contribution in [-0.2, 0) is 6.54 Å². The molecule has 0 amide bonds. The number of carboxylic acids is 1. The maximum Gasteiger partial charge on any atom is 0.371 e. The third-order valence-corrected chi connectivity index (χ3v) is 3.33. The molecule has 0 fully saturated rings. The smallest absolute Gasteiger partial charge is 0.371 e. The summed E-state index contributed by atoms with van der Waals surface area (Å²) < 4.78 is 11.0. The number of benzene rings is 1. The van der Waals surface area contributed by atoms with Gasteiger partial charge in [-0.2, -0.15) is 0 Å². The van der Waals surface area contributed by atoms with Gasteiger partial charge in [-0.25, -0.2) is 4.79 Å². The summed E-state index contributed by atoms with van der Waals surface area (Å²) in [5.74, 6) is 0.298. The second-order valence-electron chi connectivity index (χ2n) is 4.86. The summed E-state index contributed by atoms with van der Waals surface area (Å²) in [6, 6.07) is 12.9. The first-order chi connectivity index (χ1) is 10.1. The standard InChI is InChI=1S/C16H15NO4/c1-10(15-8-11-4-2-3-5-13(11)21-15)17-9-12-6-7-14(20-12)16(18)19/h2-8,10,17H,9H2,1H3,(H,18,19). The summed E-state index contributed by atoms with van der Waals surface area (Å²) >= 11 is 0. The fourth-order valence-electron chi connectivity index (χ4n) is 2.16. The van der Waals surface area contributed by atoms with Gasteiger partial charge in [0.2, 0.25) is 5.76 Å². The molecule has 0 aliphatic carbocycles. The lowest BCUT2D eigenvalue weighted by Crippen LogP contribution is -2.17. The van der Waals surface area contributed by atoms with Gasteiger partial charge in [-0.05, 0) is 31.2 Å². The molecule has 1 unspecified atom stereocenters. The molecule has 2 N–H and O–H groups in total. The molecule has 2 aromatic heterocycles. The van der Waals surface area contributed by atoms with Crippen LogP contribution < -0.4 is 5.32 Å². The predicted octanol–water partition coefficient (Wildman–Crippen LogP) is 3.57. The SMILES string of the molecule is CC(NCc1ccc(C(=O)O)o1)c1cc2ccccc2o1. The minimum atomic E-state index is -1.06. The fourth-order valence-corrected chi connectivity index (χ4v) is 2.16. The van der Waals surface area contributed by atoms with Crippen molar-refractivity contribution in [2.75, 3.05) is 0 Å². The van der Waals surface area contributed by atoms with Crippen LogP contribution in [-0.4, -0.2) is 11.1 Å². The molecule has 5 nitrogen and oxygen atoms in total. The largest absolute Gasteiger partial charge is 0.475 e. The number of carboxylic acid groups (broad SMARTS) is 1. The Morgan fingerprint density at radius 2 is 2.05 bits per heavy atom. The van der Waals surface area contributed by atoms with Gasteiger partial charge in [-0.1, -0.05) is 18.2 Å². The first kappa shape index (κ1) is 13.5. The lowest BCUT2D eigenvalue weighted by Gasteiger charge is -2.09. The van der Waals surface area contributed by atoms with E-state index in [9.17, 15) is 4.79 Å². The number of carbonyl (C=O) groups is 1. The van der Waals surface area contributed by atoms with Crippen molar-refractivity contribution in [1.82, 2.24) is 5.32 Å². The van der Waals surface area contributed by atoms with Crippen LogP contribution in [0.4, 0.5) is 0 Å². The molecular formula is C16H15NO4. The van der Waals surface area contributed by atoms with Crippen molar-refractivity contribution in [2.45, 2.75) is 19.5 Å². The lowest BCUT2D eigenvalue weighted by atomic mass is 10.2. The van der Waals surface area contributed by atoms with E-state index in [-0.39, 0.29) is 11.8 Å². The van der Waals surface area contributed by atoms with Crippen LogP contribution in [0.15, 0.2) is 51.3 Å². The summed E-state index contributed by atoms with van der Waals surface area (Å²) in [4.78, 5) is 10.7. The second-order valence-corrected chi connectivity index (χ2v) is 4.86. The Bertz CT molecular complexity index is 738. The van der Waals surface area contributed by atoms with Crippen LogP contribution in [0.1, 0.15) is 35.0 Å². The van der Waals surface area contributed by atoms with E-state index in [1.165, 1.54) is 6.07 Å². The Labute approximate surface area is 121 Å². The second kappa shape index (κ2) is 5.46. The average Bonchev–Trinajstić information content (AvgIpc) is 3.11. The molecule has 21 heavy (non-hydrogen) atoms. The molecule has 0 spiro atoms. The molecule has 5 heteroatoms. The molecule has 1 aromatic carbocycles. The lowest BCUT2D eigenvalue weighted by molar-refractivity contribution is 0.0660. The highest BCUT2D eigenvalue weighted by Crippen LogP contribution is 2.23. The van der Waals surface area contributed by atoms with E-state index >= 15 is 0 Å². The number of rotatable bonds is 5. The third-order valence-electron chi connectivity index (χ3n) is 3.33. The normalized spacial score (nSPS) is 12.6. The minimum Gasteiger partial charge on any atom is -0.475 e. The van der Waals surface area contributed by atoms with Gasteiger partial charge in [0, 0.05) is 5.39 Å². The van der Waals surface area contributed by atoms with E-state index in [2.05, 4.69) is 5.32 Å². The first-order valence-electron chi connectivity index (χ1n) is 6.67. The highest BCUT2D eigenvalue weighted by molar-refractivity contribution is 5.84. The zero-order valence-corrected chi connectivity index (χ0v) is 11.5. The van der Waals surface area contributed by atoms with E-state index in [1.54, 1.807) is 6.07 Å². The highest BCUT2D eigenvalue weighted by atomic mass is 16.4. The molecule has 0 radical (unpaired) electrons. The van der Waals surface area contributed by atoms with Gasteiger partial charge < -0.3 is 19.3 Å². The summed E-state index contributed by atoms with van der Waals surface area (Å²) in [6.07, 6.45) is 0. The number of nitrogens with one attached hydrogen (secondary N) is 1. The van der Waals surface area contributed by atoms with Crippen LogP contribution in [0, 0.1) is 0 Å². The first-order valence-corrected chi connectivity index (χ1v) is 6.67. The zero-order valence-electron chi connectivity index (χ0n) is 11.5. The molecule has 0 aliphatic rings. The van der Waals surface area contributed by atoms with Crippen LogP contribution in [0.25, 0.3) is 11.0 Å². The highest BCUT2D eigenvalue weighted by Gasteiger charge is 2.13. The zero-order chi connectivity index (χ0) is 14.8. The molecule has 2 heterocycles. The van der Waals surface area contributed by atoms with E-state index in [1.807, 2.05) is 37.3 Å². The number of aromatic carboxylic acids is 1. The summed E-state index contributed by atoms with van der Waals surface area (Å²) in [5.41, 5.74) is 0.854. The van der Waals surface area contributed by atoms with Gasteiger partial charge in [-0.15, -0.1) is 0 Å². The van der Waals surface area contributed by atoms with Gasteiger partial charge in [0.05, 0.1) is 12.6 Å². The summed E-state index contributed by atoms with van der Waals surface area (Å²) in [7, 11) is 0. The molecule has 108 valence electrons. The molecule has 3 rings (SSSR count). The summed E-state index contributed by atoms with van der Waals surface area (Å²) in [5, 5.41) is 13.1. The van der Waals surface area contributed by atoms with E-state index in [0.717, 1.165) is 16.7 Å². The van der Waals surface area contributed by atoms with E-state index in [0.29, 0.717) is 12.3 Å². The van der Waals surface area contributed by atoms with E-state index in [4.69, 9.17) is 13.9 Å². The number of hydrogen-bond acceptors (Lipinski definition) is 4. The van der Waals surface area contributed by atoms with Gasteiger partial charge >= 0.3 is 5.97 Å². The van der Waals surface area contributed by atoms with Gasteiger partial charge in [0.25, 0.3) is 0 Å². The molecule has 1 atom stereocenters. The molecule has 0 saturated heterocycles. The maximum absolute atomic E-state index is 10.7. The van der Waals surface area contributed by atoms with Crippen molar-refractivity contribution in [3.63, 3.8) is 0 Å². The van der Waals surface area contributed by atoms with Crippen LogP contribution in [0.3, 0.4) is 0 Å². The van der Waals surface area contributed by atoms with Crippen molar-refractivity contribution in [2.24, 2.45) is 0 Å².